The van der Waals surface area contributed by atoms with Gasteiger partial charge in [0, 0.05) is 30.4 Å². The Morgan fingerprint density at radius 3 is 2.39 bits per heavy atom. The van der Waals surface area contributed by atoms with Crippen LogP contribution in [0.15, 0.2) is 24.3 Å². The summed E-state index contributed by atoms with van der Waals surface area (Å²) in [5.74, 6) is 0.256. The number of rotatable bonds is 3. The Kier molecular flexibility index (Phi) is 3.22. The molecular formula is C15H20N2O. The van der Waals surface area contributed by atoms with E-state index in [9.17, 15) is 4.79 Å². The van der Waals surface area contributed by atoms with Gasteiger partial charge in [0.25, 0.3) is 0 Å². The first-order valence-corrected chi connectivity index (χ1v) is 7.00. The van der Waals surface area contributed by atoms with Crippen molar-refractivity contribution in [2.75, 3.05) is 16.8 Å². The van der Waals surface area contributed by atoms with Crippen LogP contribution in [0, 0.1) is 0 Å². The Morgan fingerprint density at radius 2 is 1.78 bits per heavy atom. The molecule has 0 spiro atoms. The molecule has 1 aromatic carbocycles. The summed E-state index contributed by atoms with van der Waals surface area (Å²) in [7, 11) is 0. The van der Waals surface area contributed by atoms with Crippen LogP contribution in [0.5, 0.6) is 0 Å². The summed E-state index contributed by atoms with van der Waals surface area (Å²) in [5.41, 5.74) is 2.21. The van der Waals surface area contributed by atoms with E-state index >= 15 is 0 Å². The fraction of sp³-hybridized carbons (Fsp3) is 0.533. The molecule has 0 atom stereocenters. The first-order chi connectivity index (χ1) is 8.83. The molecule has 1 aromatic rings. The van der Waals surface area contributed by atoms with Gasteiger partial charge in [-0.25, -0.2) is 0 Å². The Morgan fingerprint density at radius 1 is 1.06 bits per heavy atom. The quantitative estimate of drug-likeness (QED) is 0.885. The molecule has 0 aromatic heterocycles. The maximum absolute atomic E-state index is 11.6. The highest BCUT2D eigenvalue weighted by Crippen LogP contribution is 2.25. The number of hydrogen-bond acceptors (Lipinski definition) is 2. The van der Waals surface area contributed by atoms with Gasteiger partial charge in [-0.3, -0.25) is 4.79 Å². The maximum Gasteiger partial charge on any atom is 0.227 e. The van der Waals surface area contributed by atoms with Crippen LogP contribution >= 0.6 is 0 Å². The van der Waals surface area contributed by atoms with Gasteiger partial charge >= 0.3 is 0 Å². The first kappa shape index (κ1) is 11.6. The monoisotopic (exact) mass is 244 g/mol. The van der Waals surface area contributed by atoms with E-state index < -0.39 is 0 Å². The fourth-order valence-electron chi connectivity index (χ4n) is 2.96. The summed E-state index contributed by atoms with van der Waals surface area (Å²) in [6.07, 6.45) is 6.94. The third-order valence-electron chi connectivity index (χ3n) is 3.98. The molecule has 0 radical (unpaired) electrons. The predicted molar refractivity (Wildman–Crippen MR) is 73.9 cm³/mol. The standard InChI is InChI=1S/C15H20N2O/c18-15-6-3-11-17(15)14-9-7-13(8-10-14)16-12-4-1-2-5-12/h7-10,12,16H,1-6,11H2. The van der Waals surface area contributed by atoms with Gasteiger partial charge in [0.15, 0.2) is 0 Å². The van der Waals surface area contributed by atoms with Crippen molar-refractivity contribution in [2.24, 2.45) is 0 Å². The van der Waals surface area contributed by atoms with Crippen molar-refractivity contribution in [3.63, 3.8) is 0 Å². The van der Waals surface area contributed by atoms with Crippen LogP contribution in [0.4, 0.5) is 11.4 Å². The van der Waals surface area contributed by atoms with Gasteiger partial charge in [0.05, 0.1) is 0 Å². The van der Waals surface area contributed by atoms with E-state index in [1.165, 1.54) is 31.4 Å². The molecule has 0 bridgehead atoms. The molecule has 1 heterocycles. The third-order valence-corrected chi connectivity index (χ3v) is 3.98. The molecule has 1 saturated heterocycles. The number of benzene rings is 1. The second-order valence-corrected chi connectivity index (χ2v) is 5.32. The zero-order valence-electron chi connectivity index (χ0n) is 10.7. The lowest BCUT2D eigenvalue weighted by Crippen LogP contribution is -2.23. The van der Waals surface area contributed by atoms with Gasteiger partial charge in [-0.1, -0.05) is 12.8 Å². The molecule has 1 amide bonds. The van der Waals surface area contributed by atoms with Gasteiger partial charge in [0.1, 0.15) is 0 Å². The predicted octanol–water partition coefficient (Wildman–Crippen LogP) is 3.17. The molecule has 3 nitrogen and oxygen atoms in total. The zero-order chi connectivity index (χ0) is 12.4. The number of amides is 1. The normalized spacial score (nSPS) is 20.7. The second kappa shape index (κ2) is 5.01. The number of hydrogen-bond donors (Lipinski definition) is 1. The van der Waals surface area contributed by atoms with E-state index in [2.05, 4.69) is 29.6 Å². The van der Waals surface area contributed by atoms with Crippen molar-refractivity contribution in [3.8, 4) is 0 Å². The summed E-state index contributed by atoms with van der Waals surface area (Å²) in [5, 5.41) is 3.57. The van der Waals surface area contributed by atoms with Crippen molar-refractivity contribution in [1.29, 1.82) is 0 Å². The molecule has 1 N–H and O–H groups in total. The lowest BCUT2D eigenvalue weighted by molar-refractivity contribution is -0.117. The SMILES string of the molecule is O=C1CCCN1c1ccc(NC2CCCC2)cc1. The molecule has 0 unspecified atom stereocenters. The fourth-order valence-corrected chi connectivity index (χ4v) is 2.96. The molecule has 2 fully saturated rings. The first-order valence-electron chi connectivity index (χ1n) is 7.00. The summed E-state index contributed by atoms with van der Waals surface area (Å²) < 4.78 is 0. The van der Waals surface area contributed by atoms with Crippen molar-refractivity contribution in [2.45, 2.75) is 44.6 Å². The minimum Gasteiger partial charge on any atom is -0.382 e. The van der Waals surface area contributed by atoms with Crippen LogP contribution in [0.3, 0.4) is 0 Å². The largest absolute Gasteiger partial charge is 0.382 e. The van der Waals surface area contributed by atoms with E-state index in [0.29, 0.717) is 12.5 Å². The van der Waals surface area contributed by atoms with Gasteiger partial charge in [-0.15, -0.1) is 0 Å². The average molecular weight is 244 g/mol. The molecule has 18 heavy (non-hydrogen) atoms. The van der Waals surface area contributed by atoms with E-state index in [1.54, 1.807) is 0 Å². The maximum atomic E-state index is 11.6. The number of nitrogens with zero attached hydrogens (tertiary/aromatic N) is 1. The number of anilines is 2. The smallest absolute Gasteiger partial charge is 0.227 e. The Labute approximate surface area is 108 Å². The number of nitrogens with one attached hydrogen (secondary N) is 1. The molecule has 1 aliphatic carbocycles. The average Bonchev–Trinajstić information content (AvgIpc) is 3.02. The van der Waals surface area contributed by atoms with Crippen LogP contribution < -0.4 is 10.2 Å². The van der Waals surface area contributed by atoms with Crippen molar-refractivity contribution < 1.29 is 4.79 Å². The van der Waals surface area contributed by atoms with Crippen LogP contribution in [-0.4, -0.2) is 18.5 Å². The minimum absolute atomic E-state index is 0.256. The van der Waals surface area contributed by atoms with Gasteiger partial charge in [0.2, 0.25) is 5.91 Å². The Hall–Kier alpha value is -1.51. The summed E-state index contributed by atoms with van der Waals surface area (Å²) >= 11 is 0. The summed E-state index contributed by atoms with van der Waals surface area (Å²) in [6, 6.07) is 8.95. The van der Waals surface area contributed by atoms with Gasteiger partial charge in [-0.2, -0.15) is 0 Å². The van der Waals surface area contributed by atoms with Crippen LogP contribution in [-0.2, 0) is 4.79 Å². The highest BCUT2D eigenvalue weighted by molar-refractivity contribution is 5.95. The second-order valence-electron chi connectivity index (χ2n) is 5.32. The Bertz CT molecular complexity index is 421. The van der Waals surface area contributed by atoms with E-state index in [4.69, 9.17) is 0 Å². The van der Waals surface area contributed by atoms with Crippen molar-refractivity contribution in [3.05, 3.63) is 24.3 Å². The Balaban J connectivity index is 1.66. The highest BCUT2D eigenvalue weighted by atomic mass is 16.2. The van der Waals surface area contributed by atoms with Crippen LogP contribution in [0.25, 0.3) is 0 Å². The molecule has 1 saturated carbocycles. The van der Waals surface area contributed by atoms with Crippen molar-refractivity contribution in [1.82, 2.24) is 0 Å². The molecule has 1 aliphatic heterocycles. The number of carbonyl (C=O) groups excluding carboxylic acids is 1. The molecule has 3 heteroatoms. The summed E-state index contributed by atoms with van der Waals surface area (Å²) in [4.78, 5) is 13.5. The van der Waals surface area contributed by atoms with E-state index in [-0.39, 0.29) is 5.91 Å². The van der Waals surface area contributed by atoms with Gasteiger partial charge < -0.3 is 10.2 Å². The molecule has 2 aliphatic rings. The summed E-state index contributed by atoms with van der Waals surface area (Å²) in [6.45, 7) is 0.869. The minimum atomic E-state index is 0.256. The lowest BCUT2D eigenvalue weighted by atomic mass is 10.2. The lowest BCUT2D eigenvalue weighted by Gasteiger charge is -2.17. The molecular weight excluding hydrogens is 224 g/mol. The third kappa shape index (κ3) is 2.35. The zero-order valence-corrected chi connectivity index (χ0v) is 10.7. The van der Waals surface area contributed by atoms with E-state index in [1.807, 2.05) is 4.90 Å². The topological polar surface area (TPSA) is 32.3 Å². The molecule has 96 valence electrons. The highest BCUT2D eigenvalue weighted by Gasteiger charge is 2.21. The van der Waals surface area contributed by atoms with E-state index in [0.717, 1.165) is 18.7 Å². The molecule has 3 rings (SSSR count). The number of carbonyl (C=O) groups is 1. The van der Waals surface area contributed by atoms with Crippen LogP contribution in [0.2, 0.25) is 0 Å². The van der Waals surface area contributed by atoms with Crippen molar-refractivity contribution >= 4 is 17.3 Å². The van der Waals surface area contributed by atoms with Gasteiger partial charge in [-0.05, 0) is 43.5 Å². The van der Waals surface area contributed by atoms with Crippen LogP contribution in [0.1, 0.15) is 38.5 Å².